The first kappa shape index (κ1) is 20.8. The van der Waals surface area contributed by atoms with Crippen molar-refractivity contribution in [2.45, 2.75) is 31.7 Å². The van der Waals surface area contributed by atoms with Gasteiger partial charge in [0.05, 0.1) is 51.1 Å². The molecule has 0 bridgehead atoms. The Balaban J connectivity index is 1.62. The molecule has 4 aliphatic rings. The third kappa shape index (κ3) is 4.13. The molecular formula is C28H27N5O. The van der Waals surface area contributed by atoms with Gasteiger partial charge in [-0.1, -0.05) is 30.4 Å². The highest BCUT2D eigenvalue weighted by Crippen LogP contribution is 2.24. The van der Waals surface area contributed by atoms with Gasteiger partial charge in [-0.3, -0.25) is 9.98 Å². The second kappa shape index (κ2) is 9.23. The monoisotopic (exact) mass is 449 g/mol. The lowest BCUT2D eigenvalue weighted by Crippen LogP contribution is -2.40. The number of nitrogens with zero attached hydrogens (tertiary/aromatic N) is 4. The molecule has 34 heavy (non-hydrogen) atoms. The van der Waals surface area contributed by atoms with Crippen LogP contribution in [0.4, 0.5) is 11.4 Å². The van der Waals surface area contributed by atoms with E-state index < -0.39 is 0 Å². The number of nitrogens with one attached hydrogen (secondary N) is 1. The van der Waals surface area contributed by atoms with Crippen LogP contribution in [-0.2, 0) is 4.74 Å². The number of fused-ring (bicyclic) bond motifs is 2. The first-order valence-corrected chi connectivity index (χ1v) is 12.0. The average Bonchev–Trinajstić information content (AvgIpc) is 2.89. The van der Waals surface area contributed by atoms with Gasteiger partial charge < -0.3 is 14.6 Å². The largest absolute Gasteiger partial charge is 0.381 e. The highest BCUT2D eigenvalue weighted by molar-refractivity contribution is 5.70. The number of pyridine rings is 1. The number of hydrogen-bond acceptors (Lipinski definition) is 5. The number of hydrogen-bond donors (Lipinski definition) is 1. The van der Waals surface area contributed by atoms with E-state index in [0.717, 1.165) is 83.4 Å². The third-order valence-corrected chi connectivity index (χ3v) is 6.39. The molecular weight excluding hydrogens is 422 g/mol. The third-order valence-electron chi connectivity index (χ3n) is 6.39. The van der Waals surface area contributed by atoms with Crippen molar-refractivity contribution in [1.82, 2.24) is 14.5 Å². The number of anilines is 2. The summed E-state index contributed by atoms with van der Waals surface area (Å²) in [5.41, 5.74) is 4.99. The van der Waals surface area contributed by atoms with E-state index in [1.54, 1.807) is 6.20 Å². The smallest absolute Gasteiger partial charge is 0.0900 e. The van der Waals surface area contributed by atoms with E-state index in [0.29, 0.717) is 0 Å². The molecule has 170 valence electrons. The lowest BCUT2D eigenvalue weighted by atomic mass is 10.1. The van der Waals surface area contributed by atoms with Crippen LogP contribution in [0, 0.1) is 0 Å². The van der Waals surface area contributed by atoms with Gasteiger partial charge in [-0.25, -0.2) is 4.98 Å². The zero-order valence-corrected chi connectivity index (χ0v) is 19.0. The van der Waals surface area contributed by atoms with E-state index in [2.05, 4.69) is 69.5 Å². The molecule has 2 aliphatic heterocycles. The summed E-state index contributed by atoms with van der Waals surface area (Å²) in [6.45, 7) is 1.52. The van der Waals surface area contributed by atoms with E-state index >= 15 is 0 Å². The van der Waals surface area contributed by atoms with Crippen molar-refractivity contribution >= 4 is 23.5 Å². The average molecular weight is 450 g/mol. The molecule has 0 amide bonds. The van der Waals surface area contributed by atoms with Gasteiger partial charge in [-0.15, -0.1) is 0 Å². The van der Waals surface area contributed by atoms with E-state index in [-0.39, 0.29) is 6.04 Å². The summed E-state index contributed by atoms with van der Waals surface area (Å²) >= 11 is 0. The molecule has 6 heteroatoms. The Hall–Kier alpha value is -3.77. The molecule has 1 saturated heterocycles. The van der Waals surface area contributed by atoms with Gasteiger partial charge in [0.1, 0.15) is 0 Å². The summed E-state index contributed by atoms with van der Waals surface area (Å²) < 4.78 is 7.89. The van der Waals surface area contributed by atoms with Gasteiger partial charge in [0.15, 0.2) is 0 Å². The zero-order chi connectivity index (χ0) is 22.7. The van der Waals surface area contributed by atoms with Gasteiger partial charge in [0, 0.05) is 25.1 Å². The number of benzene rings is 2. The Morgan fingerprint density at radius 2 is 1.82 bits per heavy atom. The molecule has 1 aromatic carbocycles. The topological polar surface area (TPSA) is 64.3 Å². The van der Waals surface area contributed by atoms with Gasteiger partial charge in [-0.2, -0.15) is 0 Å². The molecule has 0 saturated carbocycles. The molecule has 0 atom stereocenters. The molecule has 2 aliphatic carbocycles. The van der Waals surface area contributed by atoms with Crippen molar-refractivity contribution in [3.63, 3.8) is 0 Å². The number of aromatic nitrogens is 3. The van der Waals surface area contributed by atoms with Gasteiger partial charge in [0.2, 0.25) is 0 Å². The van der Waals surface area contributed by atoms with Crippen molar-refractivity contribution in [3.05, 3.63) is 83.0 Å². The van der Waals surface area contributed by atoms with Crippen LogP contribution in [0.5, 0.6) is 0 Å². The number of ether oxygens (including phenoxy) is 1. The molecule has 6 rings (SSSR count). The zero-order valence-electron chi connectivity index (χ0n) is 19.0. The van der Waals surface area contributed by atoms with Crippen LogP contribution in [0.25, 0.3) is 29.2 Å². The molecule has 1 aromatic heterocycles. The minimum Gasteiger partial charge on any atom is -0.381 e. The molecule has 2 aromatic rings. The van der Waals surface area contributed by atoms with E-state index in [1.807, 2.05) is 18.3 Å². The van der Waals surface area contributed by atoms with E-state index in [9.17, 15) is 0 Å². The van der Waals surface area contributed by atoms with E-state index in [4.69, 9.17) is 14.7 Å². The van der Waals surface area contributed by atoms with Gasteiger partial charge >= 0.3 is 0 Å². The van der Waals surface area contributed by atoms with Crippen LogP contribution in [0.3, 0.4) is 0 Å². The maximum absolute atomic E-state index is 5.57. The predicted molar refractivity (Wildman–Crippen MR) is 135 cm³/mol. The van der Waals surface area contributed by atoms with Crippen LogP contribution in [0.2, 0.25) is 0 Å². The minimum absolute atomic E-state index is 0.247. The first-order chi connectivity index (χ1) is 16.8. The predicted octanol–water partition coefficient (Wildman–Crippen LogP) is 3.55. The summed E-state index contributed by atoms with van der Waals surface area (Å²) in [5.74, 6) is 0. The maximum Gasteiger partial charge on any atom is 0.0900 e. The minimum atomic E-state index is 0.247. The second-order valence-electron chi connectivity index (χ2n) is 8.74. The summed E-state index contributed by atoms with van der Waals surface area (Å²) in [5, 5.41) is 6.66. The van der Waals surface area contributed by atoms with Crippen LogP contribution >= 0.6 is 0 Å². The fourth-order valence-electron chi connectivity index (χ4n) is 4.72. The van der Waals surface area contributed by atoms with Crippen LogP contribution in [0.1, 0.15) is 25.7 Å². The highest BCUT2D eigenvalue weighted by atomic mass is 16.5. The Labute approximate surface area is 198 Å². The molecule has 0 spiro atoms. The molecule has 0 unspecified atom stereocenters. The molecule has 3 heterocycles. The Morgan fingerprint density at radius 1 is 0.971 bits per heavy atom. The number of rotatable bonds is 4. The Kier molecular flexibility index (Phi) is 5.65. The highest BCUT2D eigenvalue weighted by Gasteiger charge is 2.18. The second-order valence-corrected chi connectivity index (χ2v) is 8.74. The Bertz CT molecular complexity index is 1450. The number of para-hydroxylation sites is 1. The van der Waals surface area contributed by atoms with Crippen LogP contribution < -0.4 is 21.4 Å². The normalized spacial score (nSPS) is 16.5. The summed E-state index contributed by atoms with van der Waals surface area (Å²) in [6, 6.07) is 19.0. The van der Waals surface area contributed by atoms with Crippen LogP contribution in [-0.4, -0.2) is 33.8 Å². The summed E-state index contributed by atoms with van der Waals surface area (Å²) in [6.07, 6.45) is 12.1. The van der Waals surface area contributed by atoms with Crippen molar-refractivity contribution in [2.24, 2.45) is 4.99 Å². The lowest BCUT2D eigenvalue weighted by Gasteiger charge is -2.21. The summed E-state index contributed by atoms with van der Waals surface area (Å²) in [7, 11) is 0. The standard InChI is InChI=1S/C28H27N5O/c1-2-8-22(9-3-1)33-27-11-5-4-10-23(27)32-26-17-24(31-21-7-6-14-29-19-21)25(18-28(26)33)30-20-12-15-34-16-13-20/h1-3,6-11,14,17-20,31H,4-5,12-13,15-16H2. The van der Waals surface area contributed by atoms with Gasteiger partial charge in [-0.05, 0) is 62.1 Å². The Morgan fingerprint density at radius 3 is 2.65 bits per heavy atom. The quantitative estimate of drug-likeness (QED) is 0.518. The van der Waals surface area contributed by atoms with Crippen molar-refractivity contribution in [1.29, 1.82) is 0 Å². The fourth-order valence-corrected chi connectivity index (χ4v) is 4.72. The maximum atomic E-state index is 5.57. The molecule has 1 N–H and O–H groups in total. The molecule has 6 nitrogen and oxygen atoms in total. The van der Waals surface area contributed by atoms with Gasteiger partial charge in [0.25, 0.3) is 0 Å². The van der Waals surface area contributed by atoms with E-state index in [1.165, 1.54) is 0 Å². The molecule has 0 radical (unpaired) electrons. The SMILES string of the molecule is C1=c2nc3cc(Nc4cccnc4)c(=NC4CCOCC4)cc-3n(-c3ccccc3)c2=CCC1. The molecule has 1 fully saturated rings. The lowest BCUT2D eigenvalue weighted by molar-refractivity contribution is 0.0864. The van der Waals surface area contributed by atoms with Crippen molar-refractivity contribution in [2.75, 3.05) is 18.5 Å². The van der Waals surface area contributed by atoms with Crippen molar-refractivity contribution in [3.8, 4) is 17.1 Å². The summed E-state index contributed by atoms with van der Waals surface area (Å²) in [4.78, 5) is 14.5. The fraction of sp³-hybridized carbons (Fsp3) is 0.250. The first-order valence-electron chi connectivity index (χ1n) is 12.0. The van der Waals surface area contributed by atoms with Crippen LogP contribution in [0.15, 0.2) is 72.0 Å². The van der Waals surface area contributed by atoms with Crippen molar-refractivity contribution < 1.29 is 4.74 Å².